The molecule has 0 atom stereocenters. The highest BCUT2D eigenvalue weighted by atomic mass is 35.5. The Hall–Kier alpha value is -1.09. The number of benzene rings is 1. The summed E-state index contributed by atoms with van der Waals surface area (Å²) < 4.78 is 13.7. The van der Waals surface area contributed by atoms with Crippen molar-refractivity contribution < 1.29 is 4.39 Å². The lowest BCUT2D eigenvalue weighted by Gasteiger charge is -2.34. The first kappa shape index (κ1) is 10.1. The molecule has 0 aliphatic carbocycles. The number of nitrogens with zero attached hydrogens (tertiary/aromatic N) is 2. The third kappa shape index (κ3) is 1.59. The van der Waals surface area contributed by atoms with E-state index in [0.29, 0.717) is 22.8 Å². The van der Waals surface area contributed by atoms with Crippen LogP contribution < -0.4 is 0 Å². The van der Waals surface area contributed by atoms with E-state index in [-0.39, 0.29) is 5.82 Å². The highest BCUT2D eigenvalue weighted by Gasteiger charge is 2.24. The second-order valence-electron chi connectivity index (χ2n) is 4.29. The summed E-state index contributed by atoms with van der Waals surface area (Å²) in [6.07, 6.45) is 3.34. The summed E-state index contributed by atoms with van der Waals surface area (Å²) in [4.78, 5) is 6.68. The third-order valence-corrected chi connectivity index (χ3v) is 3.40. The normalized spacial score (nSPS) is 18.9. The van der Waals surface area contributed by atoms with E-state index in [0.717, 1.165) is 18.8 Å². The van der Waals surface area contributed by atoms with Crippen LogP contribution in [-0.4, -0.2) is 17.3 Å². The molecule has 84 valence electrons. The van der Waals surface area contributed by atoms with E-state index in [1.807, 2.05) is 0 Å². The van der Waals surface area contributed by atoms with Crippen molar-refractivity contribution in [3.05, 3.63) is 28.5 Å². The predicted octanol–water partition coefficient (Wildman–Crippen LogP) is 3.51. The third-order valence-electron chi connectivity index (χ3n) is 3.18. The highest BCUT2D eigenvalue weighted by molar-refractivity contribution is 6.30. The summed E-state index contributed by atoms with van der Waals surface area (Å²) in [6.45, 7) is 1.62. The van der Waals surface area contributed by atoms with E-state index in [9.17, 15) is 4.39 Å². The first-order valence-electron chi connectivity index (χ1n) is 5.54. The molecule has 1 aromatic carbocycles. The maximum Gasteiger partial charge on any atom is 0.131 e. The molecule has 3 rings (SSSR count). The average Bonchev–Trinajstić information content (AvgIpc) is 2.27. The van der Waals surface area contributed by atoms with Gasteiger partial charge in [-0.05, 0) is 25.0 Å². The van der Waals surface area contributed by atoms with Gasteiger partial charge in [0, 0.05) is 30.1 Å². The molecule has 2 heterocycles. The topological polar surface area (TPSA) is 15.6 Å². The Morgan fingerprint density at radius 3 is 3.06 bits per heavy atom. The van der Waals surface area contributed by atoms with Gasteiger partial charge < -0.3 is 4.90 Å². The summed E-state index contributed by atoms with van der Waals surface area (Å²) in [5, 5.41) is 0.421. The van der Waals surface area contributed by atoms with E-state index in [1.165, 1.54) is 18.9 Å². The molecule has 0 bridgehead atoms. The van der Waals surface area contributed by atoms with Crippen molar-refractivity contribution in [3.8, 4) is 0 Å². The van der Waals surface area contributed by atoms with Gasteiger partial charge in [0.2, 0.25) is 0 Å². The average molecular weight is 239 g/mol. The van der Waals surface area contributed by atoms with E-state index in [1.54, 1.807) is 6.07 Å². The minimum atomic E-state index is -0.240. The van der Waals surface area contributed by atoms with Crippen LogP contribution in [0.2, 0.25) is 5.02 Å². The van der Waals surface area contributed by atoms with Crippen LogP contribution in [-0.2, 0) is 6.54 Å². The molecule has 0 spiro atoms. The molecule has 0 unspecified atom stereocenters. The summed E-state index contributed by atoms with van der Waals surface area (Å²) in [7, 11) is 0. The monoisotopic (exact) mass is 238 g/mol. The van der Waals surface area contributed by atoms with Crippen LogP contribution in [0.4, 0.5) is 10.1 Å². The Balaban J connectivity index is 2.09. The van der Waals surface area contributed by atoms with Crippen molar-refractivity contribution in [1.29, 1.82) is 0 Å². The van der Waals surface area contributed by atoms with E-state index >= 15 is 0 Å². The first-order valence-corrected chi connectivity index (χ1v) is 5.92. The maximum absolute atomic E-state index is 13.7. The quantitative estimate of drug-likeness (QED) is 0.675. The summed E-state index contributed by atoms with van der Waals surface area (Å²) in [5.74, 6) is 0.844. The zero-order chi connectivity index (χ0) is 11.1. The molecule has 0 aromatic heterocycles. The molecule has 4 heteroatoms. The van der Waals surface area contributed by atoms with Crippen LogP contribution in [0.25, 0.3) is 0 Å². The Labute approximate surface area is 98.7 Å². The fourth-order valence-corrected chi connectivity index (χ4v) is 2.55. The van der Waals surface area contributed by atoms with Crippen LogP contribution in [0.1, 0.15) is 24.8 Å². The molecule has 1 aromatic rings. The van der Waals surface area contributed by atoms with E-state index in [4.69, 9.17) is 11.6 Å². The lowest BCUT2D eigenvalue weighted by atomic mass is 10.0. The van der Waals surface area contributed by atoms with Gasteiger partial charge >= 0.3 is 0 Å². The Morgan fingerprint density at radius 2 is 2.19 bits per heavy atom. The number of halogens is 2. The molecule has 0 amide bonds. The molecule has 2 aliphatic heterocycles. The van der Waals surface area contributed by atoms with Crippen LogP contribution in [0.15, 0.2) is 17.1 Å². The molecule has 2 nitrogen and oxygen atoms in total. The lowest BCUT2D eigenvalue weighted by Crippen LogP contribution is -2.37. The number of hydrogen-bond donors (Lipinski definition) is 0. The van der Waals surface area contributed by atoms with Crippen LogP contribution >= 0.6 is 11.6 Å². The number of piperidine rings is 1. The molecule has 0 saturated carbocycles. The van der Waals surface area contributed by atoms with Crippen LogP contribution in [0, 0.1) is 5.82 Å². The molecular weight excluding hydrogens is 227 g/mol. The molecule has 2 aliphatic rings. The van der Waals surface area contributed by atoms with Crippen molar-refractivity contribution in [1.82, 2.24) is 4.90 Å². The number of fused-ring (bicyclic) bond motifs is 2. The Bertz CT molecular complexity index is 470. The van der Waals surface area contributed by atoms with Gasteiger partial charge in [-0.1, -0.05) is 11.6 Å². The molecular formula is C12H12ClFN2. The van der Waals surface area contributed by atoms with Gasteiger partial charge in [-0.2, -0.15) is 0 Å². The zero-order valence-electron chi connectivity index (χ0n) is 8.84. The first-order chi connectivity index (χ1) is 7.74. The van der Waals surface area contributed by atoms with Gasteiger partial charge in [0.15, 0.2) is 0 Å². The van der Waals surface area contributed by atoms with Crippen molar-refractivity contribution in [2.75, 3.05) is 6.54 Å². The summed E-state index contributed by atoms with van der Waals surface area (Å²) in [6, 6.07) is 3.11. The van der Waals surface area contributed by atoms with E-state index in [2.05, 4.69) is 9.89 Å². The standard InChI is InChI=1S/C12H12ClFN2/c13-8-5-10(14)9-7-16-4-2-1-3-12(16)15-11(9)6-8/h5-6H,1-4,7H2. The van der Waals surface area contributed by atoms with Gasteiger partial charge in [0.25, 0.3) is 0 Å². The number of amidine groups is 1. The molecule has 0 N–H and O–H groups in total. The van der Waals surface area contributed by atoms with Crippen molar-refractivity contribution in [2.45, 2.75) is 25.8 Å². The highest BCUT2D eigenvalue weighted by Crippen LogP contribution is 2.33. The summed E-state index contributed by atoms with van der Waals surface area (Å²) >= 11 is 5.83. The second-order valence-corrected chi connectivity index (χ2v) is 4.73. The predicted molar refractivity (Wildman–Crippen MR) is 62.8 cm³/mol. The van der Waals surface area contributed by atoms with Crippen LogP contribution in [0.5, 0.6) is 0 Å². The van der Waals surface area contributed by atoms with Gasteiger partial charge in [-0.25, -0.2) is 9.38 Å². The largest absolute Gasteiger partial charge is 0.356 e. The van der Waals surface area contributed by atoms with Crippen LogP contribution in [0.3, 0.4) is 0 Å². The smallest absolute Gasteiger partial charge is 0.131 e. The number of rotatable bonds is 0. The Kier molecular flexibility index (Phi) is 2.36. The number of aliphatic imine (C=N–C) groups is 1. The van der Waals surface area contributed by atoms with Crippen molar-refractivity contribution in [2.24, 2.45) is 4.99 Å². The number of hydrogen-bond acceptors (Lipinski definition) is 2. The minimum Gasteiger partial charge on any atom is -0.356 e. The lowest BCUT2D eigenvalue weighted by molar-refractivity contribution is 0.353. The minimum absolute atomic E-state index is 0.240. The zero-order valence-corrected chi connectivity index (χ0v) is 9.60. The van der Waals surface area contributed by atoms with Crippen molar-refractivity contribution >= 4 is 23.1 Å². The summed E-state index contributed by atoms with van der Waals surface area (Å²) in [5.41, 5.74) is 1.38. The van der Waals surface area contributed by atoms with Gasteiger partial charge in [-0.15, -0.1) is 0 Å². The maximum atomic E-state index is 13.7. The SMILES string of the molecule is Fc1cc(Cl)cc2c1CN1CCCCC1=N2. The van der Waals surface area contributed by atoms with Gasteiger partial charge in [0.05, 0.1) is 5.69 Å². The van der Waals surface area contributed by atoms with Gasteiger partial charge in [-0.3, -0.25) is 0 Å². The molecule has 1 saturated heterocycles. The van der Waals surface area contributed by atoms with Crippen molar-refractivity contribution in [3.63, 3.8) is 0 Å². The fourth-order valence-electron chi connectivity index (χ4n) is 2.35. The Morgan fingerprint density at radius 1 is 1.31 bits per heavy atom. The molecule has 1 fully saturated rings. The fraction of sp³-hybridized carbons (Fsp3) is 0.417. The van der Waals surface area contributed by atoms with E-state index < -0.39 is 0 Å². The molecule has 0 radical (unpaired) electrons. The van der Waals surface area contributed by atoms with Gasteiger partial charge in [0.1, 0.15) is 11.7 Å². The second kappa shape index (κ2) is 3.74. The molecule has 16 heavy (non-hydrogen) atoms.